The van der Waals surface area contributed by atoms with Gasteiger partial charge in [0.25, 0.3) is 0 Å². The van der Waals surface area contributed by atoms with Gasteiger partial charge in [-0.15, -0.1) is 0 Å². The molecule has 0 saturated carbocycles. The van der Waals surface area contributed by atoms with Crippen LogP contribution in [0.4, 0.5) is 13.2 Å². The Bertz CT molecular complexity index is 407. The van der Waals surface area contributed by atoms with E-state index in [1.807, 2.05) is 0 Å². The van der Waals surface area contributed by atoms with Gasteiger partial charge in [-0.05, 0) is 25.7 Å². The first kappa shape index (κ1) is 13.0. The highest BCUT2D eigenvalue weighted by Crippen LogP contribution is 2.27. The minimum Gasteiger partial charge on any atom is -0.335 e. The van der Waals surface area contributed by atoms with Crippen molar-refractivity contribution in [2.75, 3.05) is 0 Å². The molecule has 4 nitrogen and oxygen atoms in total. The number of alkyl halides is 3. The maximum atomic E-state index is 11.9. The molecule has 8 heteroatoms. The topological polar surface area (TPSA) is 60.4 Å². The van der Waals surface area contributed by atoms with Crippen molar-refractivity contribution in [3.8, 4) is 0 Å². The normalized spacial score (nSPS) is 17.8. The van der Waals surface area contributed by atoms with E-state index >= 15 is 0 Å². The van der Waals surface area contributed by atoms with Crippen LogP contribution in [0.1, 0.15) is 25.7 Å². The molecule has 0 aromatic rings. The summed E-state index contributed by atoms with van der Waals surface area (Å²) >= 11 is 0. The van der Waals surface area contributed by atoms with Gasteiger partial charge in [0.2, 0.25) is 0 Å². The van der Waals surface area contributed by atoms with Crippen LogP contribution in [0, 0.1) is 0 Å². The molecule has 0 N–H and O–H groups in total. The van der Waals surface area contributed by atoms with E-state index in [2.05, 4.69) is 4.18 Å². The summed E-state index contributed by atoms with van der Waals surface area (Å²) in [6.07, 6.45) is 3.64. The van der Waals surface area contributed by atoms with Crippen LogP contribution < -0.4 is 0 Å². The summed E-state index contributed by atoms with van der Waals surface area (Å²) in [4.78, 5) is 11.1. The molecule has 1 rings (SSSR count). The second-order valence-corrected chi connectivity index (χ2v) is 4.78. The molecular formula is C8H9F3O4S. The molecule has 0 spiro atoms. The van der Waals surface area contributed by atoms with Crippen molar-refractivity contribution in [2.45, 2.75) is 31.2 Å². The lowest BCUT2D eigenvalue weighted by Gasteiger charge is -2.12. The minimum atomic E-state index is -5.84. The Morgan fingerprint density at radius 3 is 2.38 bits per heavy atom. The van der Waals surface area contributed by atoms with Gasteiger partial charge in [-0.3, -0.25) is 0 Å². The molecule has 0 aromatic heterocycles. The van der Waals surface area contributed by atoms with Crippen LogP contribution in [0.25, 0.3) is 0 Å². The van der Waals surface area contributed by atoms with Crippen molar-refractivity contribution in [3.05, 3.63) is 11.6 Å². The average Bonchev–Trinajstić information content (AvgIpc) is 2.16. The highest BCUT2D eigenvalue weighted by atomic mass is 32.2. The quantitative estimate of drug-likeness (QED) is 0.560. The fourth-order valence-corrected chi connectivity index (χ4v) is 1.62. The molecule has 1 aliphatic carbocycles. The first-order chi connectivity index (χ1) is 7.24. The van der Waals surface area contributed by atoms with Crippen LogP contribution in [-0.4, -0.2) is 19.9 Å². The highest BCUT2D eigenvalue weighted by Gasteiger charge is 2.49. The van der Waals surface area contributed by atoms with Crippen LogP contribution >= 0.6 is 0 Å². The number of hydrogen-bond acceptors (Lipinski definition) is 4. The first-order valence-electron chi connectivity index (χ1n) is 4.48. The molecule has 0 saturated heterocycles. The fourth-order valence-electron chi connectivity index (χ4n) is 1.22. The second-order valence-electron chi connectivity index (χ2n) is 3.25. The van der Waals surface area contributed by atoms with Crippen LogP contribution in [0.5, 0.6) is 0 Å². The van der Waals surface area contributed by atoms with E-state index in [4.69, 9.17) is 0 Å². The molecule has 0 bridgehead atoms. The highest BCUT2D eigenvalue weighted by molar-refractivity contribution is 7.88. The Balaban J connectivity index is 2.75. The molecule has 1 aliphatic rings. The summed E-state index contributed by atoms with van der Waals surface area (Å²) in [5.41, 5.74) is -5.59. The molecule has 92 valence electrons. The van der Waals surface area contributed by atoms with E-state index in [-0.39, 0.29) is 12.0 Å². The second kappa shape index (κ2) is 4.44. The predicted octanol–water partition coefficient (Wildman–Crippen LogP) is 1.88. The molecular weight excluding hydrogens is 249 g/mol. The third-order valence-corrected chi connectivity index (χ3v) is 2.96. The lowest BCUT2D eigenvalue weighted by Crippen LogP contribution is -2.28. The van der Waals surface area contributed by atoms with Gasteiger partial charge in [-0.2, -0.15) is 21.6 Å². The molecule has 0 aromatic carbocycles. The van der Waals surface area contributed by atoms with Gasteiger partial charge >= 0.3 is 21.6 Å². The van der Waals surface area contributed by atoms with Crippen molar-refractivity contribution < 1.29 is 30.6 Å². The molecule has 0 amide bonds. The lowest BCUT2D eigenvalue weighted by atomic mass is 10.0. The predicted molar refractivity (Wildman–Crippen MR) is 47.6 cm³/mol. The third kappa shape index (κ3) is 2.97. The fraction of sp³-hybridized carbons (Fsp3) is 0.625. The monoisotopic (exact) mass is 258 g/mol. The molecule has 16 heavy (non-hydrogen) atoms. The minimum absolute atomic E-state index is 0.0147. The molecule has 0 radical (unpaired) electrons. The Morgan fingerprint density at radius 2 is 1.94 bits per heavy atom. The lowest BCUT2D eigenvalue weighted by molar-refractivity contribution is -0.132. The Kier molecular flexibility index (Phi) is 3.61. The Morgan fingerprint density at radius 1 is 1.31 bits per heavy atom. The van der Waals surface area contributed by atoms with Gasteiger partial charge in [-0.1, -0.05) is 6.08 Å². The number of allylic oxidation sites excluding steroid dienone is 1. The summed E-state index contributed by atoms with van der Waals surface area (Å²) in [5.74, 6) is -1.43. The van der Waals surface area contributed by atoms with Gasteiger partial charge in [0, 0.05) is 5.57 Å². The largest absolute Gasteiger partial charge is 0.534 e. The van der Waals surface area contributed by atoms with E-state index in [9.17, 15) is 26.4 Å². The molecule has 0 aliphatic heterocycles. The zero-order valence-corrected chi connectivity index (χ0v) is 8.90. The molecule has 0 unspecified atom stereocenters. The maximum Gasteiger partial charge on any atom is 0.534 e. The zero-order chi connectivity index (χ0) is 12.4. The van der Waals surface area contributed by atoms with Gasteiger partial charge in [0.05, 0.1) is 0 Å². The van der Waals surface area contributed by atoms with E-state index < -0.39 is 21.6 Å². The van der Waals surface area contributed by atoms with Gasteiger partial charge in [0.15, 0.2) is 0 Å². The Hall–Kier alpha value is -1.05. The summed E-state index contributed by atoms with van der Waals surface area (Å²) in [7, 11) is -5.84. The van der Waals surface area contributed by atoms with E-state index in [0.717, 1.165) is 6.42 Å². The van der Waals surface area contributed by atoms with Gasteiger partial charge < -0.3 is 4.18 Å². The Labute approximate surface area is 90.2 Å². The van der Waals surface area contributed by atoms with Crippen LogP contribution in [0.2, 0.25) is 0 Å². The third-order valence-electron chi connectivity index (χ3n) is 2.02. The van der Waals surface area contributed by atoms with Crippen molar-refractivity contribution >= 4 is 16.1 Å². The standard InChI is InChI=1S/C8H9F3O4S/c9-8(10,11)16(13,14)15-7(12)6-4-2-1-3-5-6/h4H,1-3,5H2. The number of hydrogen-bond donors (Lipinski definition) is 0. The molecule has 0 fully saturated rings. The SMILES string of the molecule is O=C(OS(=O)(=O)C(F)(F)F)C1=CCCCC1. The number of carbonyl (C=O) groups is 1. The van der Waals surface area contributed by atoms with Crippen molar-refractivity contribution in [3.63, 3.8) is 0 Å². The smallest absolute Gasteiger partial charge is 0.335 e. The van der Waals surface area contributed by atoms with Crippen molar-refractivity contribution in [2.24, 2.45) is 0 Å². The van der Waals surface area contributed by atoms with E-state index in [1.165, 1.54) is 6.08 Å². The van der Waals surface area contributed by atoms with Crippen LogP contribution in [0.15, 0.2) is 11.6 Å². The van der Waals surface area contributed by atoms with Crippen LogP contribution in [0.3, 0.4) is 0 Å². The summed E-state index contributed by atoms with van der Waals surface area (Å²) in [6, 6.07) is 0. The number of carbonyl (C=O) groups excluding carboxylic acids is 1. The molecule has 0 atom stereocenters. The van der Waals surface area contributed by atoms with Gasteiger partial charge in [0.1, 0.15) is 0 Å². The van der Waals surface area contributed by atoms with Gasteiger partial charge in [-0.25, -0.2) is 4.79 Å². The maximum absolute atomic E-state index is 11.9. The number of halogens is 3. The van der Waals surface area contributed by atoms with E-state index in [1.54, 1.807) is 0 Å². The van der Waals surface area contributed by atoms with E-state index in [0.29, 0.717) is 12.8 Å². The van der Waals surface area contributed by atoms with Crippen LogP contribution in [-0.2, 0) is 19.1 Å². The zero-order valence-electron chi connectivity index (χ0n) is 8.08. The molecule has 0 heterocycles. The summed E-state index contributed by atoms with van der Waals surface area (Å²) in [5, 5.41) is 0. The van der Waals surface area contributed by atoms with Crippen molar-refractivity contribution in [1.29, 1.82) is 0 Å². The average molecular weight is 258 g/mol. The van der Waals surface area contributed by atoms with Crippen molar-refractivity contribution in [1.82, 2.24) is 0 Å². The number of rotatable bonds is 2. The summed E-state index contributed by atoms with van der Waals surface area (Å²) < 4.78 is 60.1. The summed E-state index contributed by atoms with van der Waals surface area (Å²) in [6.45, 7) is 0. The first-order valence-corrected chi connectivity index (χ1v) is 5.89.